The second-order valence-corrected chi connectivity index (χ2v) is 4.05. The summed E-state index contributed by atoms with van der Waals surface area (Å²) in [5, 5.41) is 1.85. The lowest BCUT2D eigenvalue weighted by atomic mass is 10.0. The summed E-state index contributed by atoms with van der Waals surface area (Å²) in [5.41, 5.74) is 4.23. The SMILES string of the molecule is CCCC(CN)C(=O)Nc1c(F)c(F)cc(F)c1F. The van der Waals surface area contributed by atoms with Crippen LogP contribution >= 0.6 is 0 Å². The molecule has 0 aliphatic carbocycles. The number of hydrogen-bond acceptors (Lipinski definition) is 2. The second-order valence-electron chi connectivity index (χ2n) is 4.05. The van der Waals surface area contributed by atoms with E-state index in [0.717, 1.165) is 0 Å². The summed E-state index contributed by atoms with van der Waals surface area (Å²) in [4.78, 5) is 11.7. The van der Waals surface area contributed by atoms with E-state index in [1.807, 2.05) is 5.32 Å². The smallest absolute Gasteiger partial charge is 0.228 e. The Kier molecular flexibility index (Phi) is 5.29. The fourth-order valence-electron chi connectivity index (χ4n) is 1.61. The largest absolute Gasteiger partial charge is 0.330 e. The normalized spacial score (nSPS) is 12.3. The molecule has 1 aromatic rings. The number of anilines is 1. The molecule has 1 aromatic carbocycles. The maximum absolute atomic E-state index is 13.3. The third-order valence-corrected chi connectivity index (χ3v) is 2.65. The van der Waals surface area contributed by atoms with Gasteiger partial charge in [0.25, 0.3) is 0 Å². The van der Waals surface area contributed by atoms with E-state index in [1.165, 1.54) is 0 Å². The van der Waals surface area contributed by atoms with Crippen LogP contribution in [-0.4, -0.2) is 12.5 Å². The molecular weight excluding hydrogens is 264 g/mol. The predicted octanol–water partition coefficient (Wildman–Crippen LogP) is 2.56. The lowest BCUT2D eigenvalue weighted by Crippen LogP contribution is -2.30. The van der Waals surface area contributed by atoms with Crippen molar-refractivity contribution in [3.63, 3.8) is 0 Å². The van der Waals surface area contributed by atoms with E-state index in [-0.39, 0.29) is 12.6 Å². The molecule has 0 bridgehead atoms. The number of halogens is 4. The Balaban J connectivity index is 3.02. The van der Waals surface area contributed by atoms with Crippen LogP contribution in [0, 0.1) is 29.2 Å². The molecule has 0 aliphatic rings. The van der Waals surface area contributed by atoms with E-state index in [2.05, 4.69) is 0 Å². The topological polar surface area (TPSA) is 55.1 Å². The third kappa shape index (κ3) is 3.44. The Morgan fingerprint density at radius 2 is 1.79 bits per heavy atom. The van der Waals surface area contributed by atoms with Crippen LogP contribution in [0.2, 0.25) is 0 Å². The van der Waals surface area contributed by atoms with E-state index < -0.39 is 40.8 Å². The first-order chi connectivity index (χ1) is 8.92. The van der Waals surface area contributed by atoms with Gasteiger partial charge in [0.05, 0.1) is 5.92 Å². The monoisotopic (exact) mass is 278 g/mol. The molecule has 1 atom stereocenters. The van der Waals surface area contributed by atoms with Crippen molar-refractivity contribution in [2.45, 2.75) is 19.8 Å². The van der Waals surface area contributed by atoms with Gasteiger partial charge in [0.1, 0.15) is 5.69 Å². The number of nitrogens with two attached hydrogens (primary N) is 1. The van der Waals surface area contributed by atoms with Crippen LogP contribution in [0.3, 0.4) is 0 Å². The van der Waals surface area contributed by atoms with E-state index >= 15 is 0 Å². The lowest BCUT2D eigenvalue weighted by Gasteiger charge is -2.15. The van der Waals surface area contributed by atoms with E-state index in [4.69, 9.17) is 5.73 Å². The van der Waals surface area contributed by atoms with Gasteiger partial charge in [-0.05, 0) is 6.42 Å². The fourth-order valence-corrected chi connectivity index (χ4v) is 1.61. The van der Waals surface area contributed by atoms with Gasteiger partial charge in [0.15, 0.2) is 23.3 Å². The summed E-state index contributed by atoms with van der Waals surface area (Å²) >= 11 is 0. The average Bonchev–Trinajstić information content (AvgIpc) is 2.38. The molecule has 0 fully saturated rings. The summed E-state index contributed by atoms with van der Waals surface area (Å²) in [5.74, 6) is -7.87. The lowest BCUT2D eigenvalue weighted by molar-refractivity contribution is -0.119. The van der Waals surface area contributed by atoms with Crippen LogP contribution < -0.4 is 11.1 Å². The van der Waals surface area contributed by atoms with Crippen molar-refractivity contribution in [3.8, 4) is 0 Å². The quantitative estimate of drug-likeness (QED) is 0.642. The number of carbonyl (C=O) groups excluding carboxylic acids is 1. The molecule has 1 unspecified atom stereocenters. The van der Waals surface area contributed by atoms with Crippen LogP contribution in [0.4, 0.5) is 23.2 Å². The first kappa shape index (κ1) is 15.4. The zero-order valence-electron chi connectivity index (χ0n) is 10.3. The molecule has 1 rings (SSSR count). The highest BCUT2D eigenvalue weighted by Gasteiger charge is 2.23. The summed E-state index contributed by atoms with van der Waals surface area (Å²) in [6.45, 7) is 1.78. The highest BCUT2D eigenvalue weighted by atomic mass is 19.2. The zero-order chi connectivity index (χ0) is 14.6. The molecular formula is C12H14F4N2O. The van der Waals surface area contributed by atoms with Gasteiger partial charge in [-0.3, -0.25) is 4.79 Å². The molecule has 7 heteroatoms. The number of hydrogen-bond donors (Lipinski definition) is 2. The standard InChI is InChI=1S/C12H14F4N2O/c1-2-3-6(5-17)12(19)18-11-9(15)7(13)4-8(14)10(11)16/h4,6H,2-3,5,17H2,1H3,(H,18,19). The molecule has 3 nitrogen and oxygen atoms in total. The molecule has 106 valence electrons. The highest BCUT2D eigenvalue weighted by molar-refractivity contribution is 5.93. The van der Waals surface area contributed by atoms with Crippen LogP contribution in [0.25, 0.3) is 0 Å². The summed E-state index contributed by atoms with van der Waals surface area (Å²) in [7, 11) is 0. The first-order valence-electron chi connectivity index (χ1n) is 5.76. The van der Waals surface area contributed by atoms with Crippen LogP contribution in [0.5, 0.6) is 0 Å². The van der Waals surface area contributed by atoms with Gasteiger partial charge in [-0.2, -0.15) is 0 Å². The number of carbonyl (C=O) groups is 1. The maximum atomic E-state index is 13.3. The molecule has 0 aromatic heterocycles. The molecule has 0 saturated carbocycles. The first-order valence-corrected chi connectivity index (χ1v) is 5.76. The Bertz CT molecular complexity index is 453. The Hall–Kier alpha value is -1.63. The van der Waals surface area contributed by atoms with Gasteiger partial charge in [-0.1, -0.05) is 13.3 Å². The molecule has 0 saturated heterocycles. The molecule has 19 heavy (non-hydrogen) atoms. The molecule has 0 aliphatic heterocycles. The van der Waals surface area contributed by atoms with Crippen molar-refractivity contribution in [2.24, 2.45) is 11.7 Å². The summed E-state index contributed by atoms with van der Waals surface area (Å²) in [6.07, 6.45) is 1.04. The molecule has 1 amide bonds. The van der Waals surface area contributed by atoms with Crippen LogP contribution in [0.1, 0.15) is 19.8 Å². The summed E-state index contributed by atoms with van der Waals surface area (Å²) in [6, 6.07) is 0.0762. The molecule has 3 N–H and O–H groups in total. The van der Waals surface area contributed by atoms with Crippen molar-refractivity contribution in [1.82, 2.24) is 0 Å². The van der Waals surface area contributed by atoms with Crippen molar-refractivity contribution in [2.75, 3.05) is 11.9 Å². The van der Waals surface area contributed by atoms with E-state index in [1.54, 1.807) is 6.92 Å². The number of nitrogens with one attached hydrogen (secondary N) is 1. The Morgan fingerprint density at radius 3 is 2.21 bits per heavy atom. The van der Waals surface area contributed by atoms with Crippen molar-refractivity contribution < 1.29 is 22.4 Å². The predicted molar refractivity (Wildman–Crippen MR) is 62.4 cm³/mol. The van der Waals surface area contributed by atoms with Crippen LogP contribution in [0.15, 0.2) is 6.07 Å². The van der Waals surface area contributed by atoms with E-state index in [9.17, 15) is 22.4 Å². The molecule has 0 spiro atoms. The number of rotatable bonds is 5. The zero-order valence-corrected chi connectivity index (χ0v) is 10.3. The summed E-state index contributed by atoms with van der Waals surface area (Å²) < 4.78 is 52.5. The van der Waals surface area contributed by atoms with Gasteiger partial charge in [-0.15, -0.1) is 0 Å². The van der Waals surface area contributed by atoms with Gasteiger partial charge in [0, 0.05) is 12.6 Å². The number of benzene rings is 1. The van der Waals surface area contributed by atoms with Gasteiger partial charge >= 0.3 is 0 Å². The minimum Gasteiger partial charge on any atom is -0.330 e. The van der Waals surface area contributed by atoms with Gasteiger partial charge < -0.3 is 11.1 Å². The van der Waals surface area contributed by atoms with Crippen molar-refractivity contribution in [3.05, 3.63) is 29.3 Å². The number of amides is 1. The van der Waals surface area contributed by atoms with E-state index in [0.29, 0.717) is 12.8 Å². The van der Waals surface area contributed by atoms with Crippen LogP contribution in [-0.2, 0) is 4.79 Å². The Labute approximate surface area is 107 Å². The molecule has 0 radical (unpaired) electrons. The minimum absolute atomic E-state index is 0.0271. The van der Waals surface area contributed by atoms with Gasteiger partial charge in [0.2, 0.25) is 5.91 Å². The average molecular weight is 278 g/mol. The fraction of sp³-hybridized carbons (Fsp3) is 0.417. The second kappa shape index (κ2) is 6.51. The van der Waals surface area contributed by atoms with Crippen molar-refractivity contribution in [1.29, 1.82) is 0 Å². The molecule has 0 heterocycles. The Morgan fingerprint density at radius 1 is 1.26 bits per heavy atom. The third-order valence-electron chi connectivity index (χ3n) is 2.65. The maximum Gasteiger partial charge on any atom is 0.228 e. The van der Waals surface area contributed by atoms with Gasteiger partial charge in [-0.25, -0.2) is 17.6 Å². The minimum atomic E-state index is -1.64. The highest BCUT2D eigenvalue weighted by Crippen LogP contribution is 2.24. The van der Waals surface area contributed by atoms with Crippen molar-refractivity contribution >= 4 is 11.6 Å².